The minimum Gasteiger partial charge on any atom is -0.336 e. The summed E-state index contributed by atoms with van der Waals surface area (Å²) in [6.45, 7) is 2.29. The van der Waals surface area contributed by atoms with Gasteiger partial charge in [-0.15, -0.1) is 0 Å². The van der Waals surface area contributed by atoms with E-state index >= 15 is 0 Å². The van der Waals surface area contributed by atoms with Crippen molar-refractivity contribution in [2.24, 2.45) is 24.6 Å². The summed E-state index contributed by atoms with van der Waals surface area (Å²) in [5.74, 6) is 1.53. The molecular weight excluding hydrogens is 198 g/mol. The fourth-order valence-corrected chi connectivity index (χ4v) is 2.96. The highest BCUT2D eigenvalue weighted by Crippen LogP contribution is 2.36. The summed E-state index contributed by atoms with van der Waals surface area (Å²) >= 11 is 0. The molecule has 0 bridgehead atoms. The first-order chi connectivity index (χ1) is 7.72. The number of aromatic nitrogens is 2. The normalized spacial score (nSPS) is 27.9. The van der Waals surface area contributed by atoms with Gasteiger partial charge in [-0.05, 0) is 24.7 Å². The summed E-state index contributed by atoms with van der Waals surface area (Å²) in [5.41, 5.74) is 7.55. The molecule has 0 amide bonds. The Hall–Kier alpha value is -0.830. The average Bonchev–Trinajstić information content (AvgIpc) is 2.74. The molecule has 0 aromatic carbocycles. The molecule has 1 aliphatic rings. The first-order valence-corrected chi connectivity index (χ1v) is 6.44. The molecule has 90 valence electrons. The SMILES string of the molecule is CCC1CCCC(C(N)c2cncn2C)C1. The van der Waals surface area contributed by atoms with Crippen LogP contribution in [0.3, 0.4) is 0 Å². The topological polar surface area (TPSA) is 43.8 Å². The van der Waals surface area contributed by atoms with E-state index in [1.165, 1.54) is 37.8 Å². The summed E-state index contributed by atoms with van der Waals surface area (Å²) in [6.07, 6.45) is 10.4. The Labute approximate surface area is 98.1 Å². The van der Waals surface area contributed by atoms with Crippen molar-refractivity contribution in [2.75, 3.05) is 0 Å². The predicted molar refractivity (Wildman–Crippen MR) is 65.9 cm³/mol. The zero-order valence-electron chi connectivity index (χ0n) is 10.4. The molecule has 16 heavy (non-hydrogen) atoms. The molecule has 2 N–H and O–H groups in total. The van der Waals surface area contributed by atoms with Gasteiger partial charge in [0.25, 0.3) is 0 Å². The molecule has 0 spiro atoms. The second-order valence-corrected chi connectivity index (χ2v) is 5.16. The maximum absolute atomic E-state index is 6.37. The molecule has 3 heteroatoms. The van der Waals surface area contributed by atoms with Crippen molar-refractivity contribution in [1.82, 2.24) is 9.55 Å². The molecule has 3 unspecified atom stereocenters. The maximum Gasteiger partial charge on any atom is 0.0946 e. The minimum atomic E-state index is 0.168. The van der Waals surface area contributed by atoms with Crippen LogP contribution in [0.25, 0.3) is 0 Å². The number of imidazole rings is 1. The number of nitrogens with two attached hydrogens (primary N) is 1. The van der Waals surface area contributed by atoms with Gasteiger partial charge in [-0.25, -0.2) is 4.98 Å². The lowest BCUT2D eigenvalue weighted by Crippen LogP contribution is -2.28. The zero-order chi connectivity index (χ0) is 11.5. The quantitative estimate of drug-likeness (QED) is 0.852. The highest BCUT2D eigenvalue weighted by Gasteiger charge is 2.27. The van der Waals surface area contributed by atoms with E-state index in [1.807, 2.05) is 19.6 Å². The third-order valence-corrected chi connectivity index (χ3v) is 4.10. The van der Waals surface area contributed by atoms with Gasteiger partial charge in [-0.3, -0.25) is 0 Å². The van der Waals surface area contributed by atoms with E-state index in [0.717, 1.165) is 5.92 Å². The van der Waals surface area contributed by atoms with Gasteiger partial charge in [0.05, 0.1) is 12.0 Å². The third kappa shape index (κ3) is 2.29. The van der Waals surface area contributed by atoms with E-state index in [2.05, 4.69) is 16.5 Å². The lowest BCUT2D eigenvalue weighted by atomic mass is 9.76. The first-order valence-electron chi connectivity index (χ1n) is 6.44. The molecule has 1 heterocycles. The van der Waals surface area contributed by atoms with Gasteiger partial charge in [0.2, 0.25) is 0 Å². The van der Waals surface area contributed by atoms with Crippen molar-refractivity contribution in [3.63, 3.8) is 0 Å². The third-order valence-electron chi connectivity index (χ3n) is 4.10. The fourth-order valence-electron chi connectivity index (χ4n) is 2.96. The van der Waals surface area contributed by atoms with Gasteiger partial charge >= 0.3 is 0 Å². The van der Waals surface area contributed by atoms with Crippen molar-refractivity contribution in [3.8, 4) is 0 Å². The minimum absolute atomic E-state index is 0.168. The lowest BCUT2D eigenvalue weighted by Gasteiger charge is -2.32. The van der Waals surface area contributed by atoms with Gasteiger partial charge in [-0.1, -0.05) is 26.2 Å². The molecule has 1 saturated carbocycles. The fraction of sp³-hybridized carbons (Fsp3) is 0.769. The molecule has 3 atom stereocenters. The monoisotopic (exact) mass is 221 g/mol. The summed E-state index contributed by atoms with van der Waals surface area (Å²) in [7, 11) is 2.03. The van der Waals surface area contributed by atoms with Crippen LogP contribution >= 0.6 is 0 Å². The largest absolute Gasteiger partial charge is 0.336 e. The summed E-state index contributed by atoms with van der Waals surface area (Å²) in [6, 6.07) is 0.168. The van der Waals surface area contributed by atoms with E-state index in [0.29, 0.717) is 5.92 Å². The van der Waals surface area contributed by atoms with E-state index in [9.17, 15) is 0 Å². The van der Waals surface area contributed by atoms with Crippen LogP contribution in [-0.4, -0.2) is 9.55 Å². The smallest absolute Gasteiger partial charge is 0.0946 e. The van der Waals surface area contributed by atoms with Crippen LogP contribution in [0.1, 0.15) is 50.8 Å². The van der Waals surface area contributed by atoms with Crippen LogP contribution in [0.2, 0.25) is 0 Å². The first kappa shape index (κ1) is 11.6. The number of hydrogen-bond donors (Lipinski definition) is 1. The van der Waals surface area contributed by atoms with Crippen LogP contribution in [-0.2, 0) is 7.05 Å². The van der Waals surface area contributed by atoms with Crippen molar-refractivity contribution in [2.45, 2.75) is 45.1 Å². The Morgan fingerprint density at radius 1 is 1.56 bits per heavy atom. The standard InChI is InChI=1S/C13H23N3/c1-3-10-5-4-6-11(7-10)13(14)12-8-15-9-16(12)2/h8-11,13H,3-7,14H2,1-2H3. The Bertz CT molecular complexity index is 332. The van der Waals surface area contributed by atoms with Gasteiger partial charge in [-0.2, -0.15) is 0 Å². The number of aryl methyl sites for hydroxylation is 1. The molecule has 0 radical (unpaired) electrons. The summed E-state index contributed by atoms with van der Waals surface area (Å²) in [4.78, 5) is 4.16. The van der Waals surface area contributed by atoms with Crippen LogP contribution in [0.15, 0.2) is 12.5 Å². The lowest BCUT2D eigenvalue weighted by molar-refractivity contribution is 0.227. The van der Waals surface area contributed by atoms with Gasteiger partial charge in [0, 0.05) is 19.3 Å². The number of nitrogens with zero attached hydrogens (tertiary/aromatic N) is 2. The predicted octanol–water partition coefficient (Wildman–Crippen LogP) is 2.64. The molecule has 1 aromatic rings. The molecule has 1 aromatic heterocycles. The van der Waals surface area contributed by atoms with Gasteiger partial charge in [0.15, 0.2) is 0 Å². The van der Waals surface area contributed by atoms with Crippen molar-refractivity contribution in [1.29, 1.82) is 0 Å². The molecule has 2 rings (SSSR count). The Kier molecular flexibility index (Phi) is 3.64. The molecule has 1 fully saturated rings. The van der Waals surface area contributed by atoms with E-state index in [-0.39, 0.29) is 6.04 Å². The number of rotatable bonds is 3. The zero-order valence-corrected chi connectivity index (χ0v) is 10.4. The highest BCUT2D eigenvalue weighted by molar-refractivity contribution is 5.06. The summed E-state index contributed by atoms with van der Waals surface area (Å²) < 4.78 is 2.06. The van der Waals surface area contributed by atoms with E-state index in [1.54, 1.807) is 0 Å². The Morgan fingerprint density at radius 2 is 2.38 bits per heavy atom. The molecular formula is C13H23N3. The maximum atomic E-state index is 6.37. The Balaban J connectivity index is 2.04. The van der Waals surface area contributed by atoms with Crippen LogP contribution in [0.4, 0.5) is 0 Å². The molecule has 1 aliphatic carbocycles. The number of hydrogen-bond acceptors (Lipinski definition) is 2. The van der Waals surface area contributed by atoms with Gasteiger partial charge < -0.3 is 10.3 Å². The second-order valence-electron chi connectivity index (χ2n) is 5.16. The van der Waals surface area contributed by atoms with E-state index in [4.69, 9.17) is 5.73 Å². The average molecular weight is 221 g/mol. The van der Waals surface area contributed by atoms with Crippen LogP contribution in [0, 0.1) is 11.8 Å². The van der Waals surface area contributed by atoms with Crippen molar-refractivity contribution >= 4 is 0 Å². The van der Waals surface area contributed by atoms with E-state index < -0.39 is 0 Å². The second kappa shape index (κ2) is 5.00. The molecule has 0 aliphatic heterocycles. The Morgan fingerprint density at radius 3 is 3.00 bits per heavy atom. The van der Waals surface area contributed by atoms with Crippen molar-refractivity contribution < 1.29 is 0 Å². The van der Waals surface area contributed by atoms with Gasteiger partial charge in [0.1, 0.15) is 0 Å². The summed E-state index contributed by atoms with van der Waals surface area (Å²) in [5, 5.41) is 0. The van der Waals surface area contributed by atoms with Crippen molar-refractivity contribution in [3.05, 3.63) is 18.2 Å². The highest BCUT2D eigenvalue weighted by atomic mass is 15.0. The molecule has 0 saturated heterocycles. The van der Waals surface area contributed by atoms with Crippen LogP contribution in [0.5, 0.6) is 0 Å². The molecule has 3 nitrogen and oxygen atoms in total. The van der Waals surface area contributed by atoms with Crippen LogP contribution < -0.4 is 5.73 Å².